The van der Waals surface area contributed by atoms with E-state index in [1.54, 1.807) is 42.5 Å². The van der Waals surface area contributed by atoms with E-state index >= 15 is 0 Å². The highest BCUT2D eigenvalue weighted by atomic mass is 19.1. The fraction of sp³-hybridized carbons (Fsp3) is 0.360. The molecule has 0 aliphatic rings. The molecule has 0 saturated carbocycles. The van der Waals surface area contributed by atoms with Gasteiger partial charge in [0.25, 0.3) is 0 Å². The standard InChI is InChI=1S/C25H28FN3O5/c1-2-3-13-29(16-24(31)33-14-12-27)25(32)34-18-19-4-10-23(11-5-19)28-15-21(17-30)20-6-8-22(26)9-7-20/h4-11,17,21,28H,2-3,13-16,18H2,1H3. The molecule has 2 aromatic rings. The molecule has 1 amide bonds. The first-order valence-electron chi connectivity index (χ1n) is 10.9. The van der Waals surface area contributed by atoms with E-state index < -0.39 is 18.0 Å². The number of benzene rings is 2. The summed E-state index contributed by atoms with van der Waals surface area (Å²) in [6, 6.07) is 14.7. The Morgan fingerprint density at radius 1 is 1.15 bits per heavy atom. The Hall–Kier alpha value is -3.93. The van der Waals surface area contributed by atoms with Crippen molar-refractivity contribution >= 4 is 24.0 Å². The minimum Gasteiger partial charge on any atom is -0.449 e. The highest BCUT2D eigenvalue weighted by molar-refractivity contribution is 5.78. The molecule has 1 atom stereocenters. The van der Waals surface area contributed by atoms with Crippen molar-refractivity contribution in [3.05, 3.63) is 65.5 Å². The molecule has 180 valence electrons. The topological polar surface area (TPSA) is 109 Å². The van der Waals surface area contributed by atoms with Gasteiger partial charge in [0.1, 0.15) is 31.3 Å². The lowest BCUT2D eigenvalue weighted by Gasteiger charge is -2.21. The van der Waals surface area contributed by atoms with Crippen LogP contribution in [0, 0.1) is 17.1 Å². The predicted molar refractivity (Wildman–Crippen MR) is 123 cm³/mol. The zero-order valence-corrected chi connectivity index (χ0v) is 19.0. The number of carbonyl (C=O) groups excluding carboxylic acids is 3. The summed E-state index contributed by atoms with van der Waals surface area (Å²) >= 11 is 0. The second-order valence-electron chi connectivity index (χ2n) is 7.52. The number of hydrogen-bond acceptors (Lipinski definition) is 7. The van der Waals surface area contributed by atoms with Crippen molar-refractivity contribution in [2.75, 3.05) is 31.6 Å². The van der Waals surface area contributed by atoms with E-state index in [1.807, 2.05) is 6.92 Å². The summed E-state index contributed by atoms with van der Waals surface area (Å²) in [5.74, 6) is -1.44. The summed E-state index contributed by atoms with van der Waals surface area (Å²) in [7, 11) is 0. The van der Waals surface area contributed by atoms with Crippen LogP contribution in [0.1, 0.15) is 36.8 Å². The van der Waals surface area contributed by atoms with Crippen LogP contribution < -0.4 is 5.32 Å². The third-order valence-electron chi connectivity index (χ3n) is 4.96. The van der Waals surface area contributed by atoms with Crippen molar-refractivity contribution in [1.82, 2.24) is 4.90 Å². The van der Waals surface area contributed by atoms with Gasteiger partial charge in [0.2, 0.25) is 0 Å². The van der Waals surface area contributed by atoms with Gasteiger partial charge in [-0.15, -0.1) is 0 Å². The molecule has 2 rings (SSSR count). The number of anilines is 1. The van der Waals surface area contributed by atoms with E-state index in [0.717, 1.165) is 29.5 Å². The molecular formula is C25H28FN3O5. The largest absolute Gasteiger partial charge is 0.449 e. The summed E-state index contributed by atoms with van der Waals surface area (Å²) in [4.78, 5) is 36.9. The van der Waals surface area contributed by atoms with Crippen molar-refractivity contribution in [2.24, 2.45) is 0 Å². The molecule has 0 bridgehead atoms. The molecule has 0 fully saturated rings. The average Bonchev–Trinajstić information content (AvgIpc) is 2.85. The number of amides is 1. The molecule has 34 heavy (non-hydrogen) atoms. The van der Waals surface area contributed by atoms with Gasteiger partial charge < -0.3 is 19.6 Å². The summed E-state index contributed by atoms with van der Waals surface area (Å²) in [6.07, 6.45) is 1.70. The molecule has 2 aromatic carbocycles. The summed E-state index contributed by atoms with van der Waals surface area (Å²) in [5, 5.41) is 11.7. The second kappa shape index (κ2) is 14.3. The molecule has 0 heterocycles. The maximum Gasteiger partial charge on any atom is 0.410 e. The van der Waals surface area contributed by atoms with Crippen molar-refractivity contribution in [3.8, 4) is 6.07 Å². The van der Waals surface area contributed by atoms with Crippen LogP contribution in [0.15, 0.2) is 48.5 Å². The van der Waals surface area contributed by atoms with Crippen molar-refractivity contribution in [2.45, 2.75) is 32.3 Å². The lowest BCUT2D eigenvalue weighted by atomic mass is 10.0. The number of rotatable bonds is 13. The summed E-state index contributed by atoms with van der Waals surface area (Å²) in [5.41, 5.74) is 2.23. The molecule has 0 radical (unpaired) electrons. The van der Waals surface area contributed by atoms with Gasteiger partial charge in [0.05, 0.1) is 5.92 Å². The Kier molecular flexibility index (Phi) is 11.0. The van der Waals surface area contributed by atoms with Gasteiger partial charge in [0.15, 0.2) is 6.61 Å². The van der Waals surface area contributed by atoms with Gasteiger partial charge >= 0.3 is 12.1 Å². The van der Waals surface area contributed by atoms with Crippen LogP contribution in [0.3, 0.4) is 0 Å². The van der Waals surface area contributed by atoms with E-state index in [4.69, 9.17) is 14.7 Å². The number of nitrogens with zero attached hydrogens (tertiary/aromatic N) is 2. The highest BCUT2D eigenvalue weighted by Gasteiger charge is 2.19. The number of carbonyl (C=O) groups is 3. The maximum atomic E-state index is 13.1. The van der Waals surface area contributed by atoms with Gasteiger partial charge in [-0.25, -0.2) is 9.18 Å². The fourth-order valence-electron chi connectivity index (χ4n) is 3.04. The quantitative estimate of drug-likeness (QED) is 0.348. The smallest absolute Gasteiger partial charge is 0.410 e. The Morgan fingerprint density at radius 3 is 2.47 bits per heavy atom. The maximum absolute atomic E-state index is 13.1. The first kappa shape index (κ1) is 26.3. The minimum absolute atomic E-state index is 0.0154. The van der Waals surface area contributed by atoms with Crippen LogP contribution in [-0.2, 0) is 25.7 Å². The van der Waals surface area contributed by atoms with Crippen molar-refractivity contribution < 1.29 is 28.2 Å². The second-order valence-corrected chi connectivity index (χ2v) is 7.52. The number of unbranched alkanes of at least 4 members (excludes halogenated alkanes) is 1. The Balaban J connectivity index is 1.86. The number of hydrogen-bond donors (Lipinski definition) is 1. The molecule has 0 saturated heterocycles. The molecule has 0 aliphatic heterocycles. The molecule has 1 N–H and O–H groups in total. The zero-order valence-electron chi connectivity index (χ0n) is 19.0. The van der Waals surface area contributed by atoms with Crippen LogP contribution in [0.5, 0.6) is 0 Å². The lowest BCUT2D eigenvalue weighted by molar-refractivity contribution is -0.143. The number of halogens is 1. The molecule has 0 spiro atoms. The van der Waals surface area contributed by atoms with E-state index in [0.29, 0.717) is 19.5 Å². The number of nitriles is 1. The summed E-state index contributed by atoms with van der Waals surface area (Å²) in [6.45, 7) is 2.01. The van der Waals surface area contributed by atoms with Gasteiger partial charge in [-0.3, -0.25) is 9.69 Å². The van der Waals surface area contributed by atoms with Gasteiger partial charge in [-0.05, 0) is 41.8 Å². The Labute approximate surface area is 198 Å². The third kappa shape index (κ3) is 8.90. The van der Waals surface area contributed by atoms with Crippen LogP contribution in [0.25, 0.3) is 0 Å². The lowest BCUT2D eigenvalue weighted by Crippen LogP contribution is -2.37. The van der Waals surface area contributed by atoms with Crippen molar-refractivity contribution in [1.29, 1.82) is 5.26 Å². The third-order valence-corrected chi connectivity index (χ3v) is 4.96. The van der Waals surface area contributed by atoms with Crippen LogP contribution in [-0.4, -0.2) is 49.5 Å². The molecule has 0 aliphatic carbocycles. The van der Waals surface area contributed by atoms with Gasteiger partial charge in [-0.1, -0.05) is 37.6 Å². The van der Waals surface area contributed by atoms with Gasteiger partial charge in [0, 0.05) is 18.8 Å². The molecule has 8 nitrogen and oxygen atoms in total. The molecule has 1 unspecified atom stereocenters. The monoisotopic (exact) mass is 469 g/mol. The van der Waals surface area contributed by atoms with Crippen molar-refractivity contribution in [3.63, 3.8) is 0 Å². The SMILES string of the molecule is CCCCN(CC(=O)OCC#N)C(=O)OCc1ccc(NCC(C=O)c2ccc(F)cc2)cc1. The van der Waals surface area contributed by atoms with E-state index in [-0.39, 0.29) is 25.6 Å². The van der Waals surface area contributed by atoms with Crippen LogP contribution in [0.2, 0.25) is 0 Å². The first-order chi connectivity index (χ1) is 16.5. The number of ether oxygens (including phenoxy) is 2. The Bertz CT molecular complexity index is 974. The fourth-order valence-corrected chi connectivity index (χ4v) is 3.04. The van der Waals surface area contributed by atoms with E-state index in [1.165, 1.54) is 17.0 Å². The summed E-state index contributed by atoms with van der Waals surface area (Å²) < 4.78 is 23.1. The number of esters is 1. The van der Waals surface area contributed by atoms with Gasteiger partial charge in [-0.2, -0.15) is 5.26 Å². The Morgan fingerprint density at radius 2 is 1.85 bits per heavy atom. The average molecular weight is 470 g/mol. The predicted octanol–water partition coefficient (Wildman–Crippen LogP) is 4.03. The number of aldehydes is 1. The minimum atomic E-state index is -0.667. The molecule has 9 heteroatoms. The van der Waals surface area contributed by atoms with E-state index in [9.17, 15) is 18.8 Å². The molecular weight excluding hydrogens is 441 g/mol. The normalized spacial score (nSPS) is 11.1. The zero-order chi connectivity index (χ0) is 24.8. The first-order valence-corrected chi connectivity index (χ1v) is 10.9. The van der Waals surface area contributed by atoms with E-state index in [2.05, 4.69) is 5.32 Å². The van der Waals surface area contributed by atoms with Crippen LogP contribution in [0.4, 0.5) is 14.9 Å². The number of nitrogens with one attached hydrogen (secondary N) is 1. The highest BCUT2D eigenvalue weighted by Crippen LogP contribution is 2.17. The molecule has 0 aromatic heterocycles. The van der Waals surface area contributed by atoms with Crippen LogP contribution >= 0.6 is 0 Å².